The van der Waals surface area contributed by atoms with Gasteiger partial charge in [-0.2, -0.15) is 0 Å². The Morgan fingerprint density at radius 1 is 0.410 bits per heavy atom. The van der Waals surface area contributed by atoms with Crippen LogP contribution in [0.15, 0.2) is 85.1 Å². The van der Waals surface area contributed by atoms with E-state index in [1.54, 1.807) is 6.08 Å². The SMILES string of the molecule is CC/C=C\C/C=C\C/C=C\C/C=C\C/C=C\CCCC(=O)NC(CO)C(O)/C=C/CC/C=C/CCCCCCCCCCCCCCCCCCCCCCCCCCCC. The van der Waals surface area contributed by atoms with Gasteiger partial charge in [0.1, 0.15) is 0 Å². The number of nitrogens with one attached hydrogen (secondary N) is 1. The lowest BCUT2D eigenvalue weighted by molar-refractivity contribution is -0.122. The van der Waals surface area contributed by atoms with Crippen LogP contribution in [-0.2, 0) is 4.79 Å². The van der Waals surface area contributed by atoms with Crippen LogP contribution in [0.3, 0.4) is 0 Å². The first-order valence-electron chi connectivity index (χ1n) is 26.3. The Kier molecular flexibility index (Phi) is 49.8. The molecule has 4 heteroatoms. The molecule has 3 N–H and O–H groups in total. The number of hydrogen-bond donors (Lipinski definition) is 3. The third-order valence-corrected chi connectivity index (χ3v) is 11.6. The summed E-state index contributed by atoms with van der Waals surface area (Å²) in [5.41, 5.74) is 0. The Bertz CT molecular complexity index is 1100. The highest BCUT2D eigenvalue weighted by Crippen LogP contribution is 2.16. The monoisotopic (exact) mass is 848 g/mol. The molecule has 2 atom stereocenters. The highest BCUT2D eigenvalue weighted by atomic mass is 16.3. The zero-order valence-electron chi connectivity index (χ0n) is 40.4. The maximum absolute atomic E-state index is 12.4. The molecule has 2 unspecified atom stereocenters. The first kappa shape index (κ1) is 58.6. The summed E-state index contributed by atoms with van der Waals surface area (Å²) in [4.78, 5) is 12.4. The van der Waals surface area contributed by atoms with Crippen LogP contribution in [0.4, 0.5) is 0 Å². The van der Waals surface area contributed by atoms with Gasteiger partial charge in [0.2, 0.25) is 5.91 Å². The largest absolute Gasteiger partial charge is 0.394 e. The summed E-state index contributed by atoms with van der Waals surface area (Å²) in [5, 5.41) is 23.0. The molecular weight excluding hydrogens is 747 g/mol. The van der Waals surface area contributed by atoms with Crippen molar-refractivity contribution in [3.05, 3.63) is 85.1 Å². The summed E-state index contributed by atoms with van der Waals surface area (Å²) in [7, 11) is 0. The second kappa shape index (κ2) is 51.9. The fourth-order valence-electron chi connectivity index (χ4n) is 7.64. The fraction of sp³-hybridized carbons (Fsp3) is 0.737. The summed E-state index contributed by atoms with van der Waals surface area (Å²) in [5.74, 6) is -0.132. The van der Waals surface area contributed by atoms with Crippen molar-refractivity contribution in [2.75, 3.05) is 6.61 Å². The number of carbonyl (C=O) groups is 1. The second-order valence-corrected chi connectivity index (χ2v) is 17.6. The minimum atomic E-state index is -0.891. The molecule has 61 heavy (non-hydrogen) atoms. The topological polar surface area (TPSA) is 69.6 Å². The first-order chi connectivity index (χ1) is 30.2. The van der Waals surface area contributed by atoms with Gasteiger partial charge in [-0.05, 0) is 70.6 Å². The van der Waals surface area contributed by atoms with Crippen LogP contribution in [0, 0.1) is 0 Å². The second-order valence-electron chi connectivity index (χ2n) is 17.6. The van der Waals surface area contributed by atoms with Crippen LogP contribution in [-0.4, -0.2) is 34.9 Å². The van der Waals surface area contributed by atoms with Gasteiger partial charge in [-0.1, -0.05) is 259 Å². The molecule has 0 aromatic carbocycles. The summed E-state index contributed by atoms with van der Waals surface area (Å²) >= 11 is 0. The first-order valence-corrected chi connectivity index (χ1v) is 26.3. The van der Waals surface area contributed by atoms with E-state index in [0.717, 1.165) is 64.2 Å². The van der Waals surface area contributed by atoms with E-state index in [-0.39, 0.29) is 12.5 Å². The summed E-state index contributed by atoms with van der Waals surface area (Å²) in [6, 6.07) is -0.675. The molecule has 0 aromatic heterocycles. The van der Waals surface area contributed by atoms with Crippen molar-refractivity contribution in [1.29, 1.82) is 0 Å². The predicted octanol–water partition coefficient (Wildman–Crippen LogP) is 17.2. The van der Waals surface area contributed by atoms with E-state index in [4.69, 9.17) is 0 Å². The molecule has 0 aliphatic carbocycles. The molecule has 1 amide bonds. The Hall–Kier alpha value is -2.43. The summed E-state index contributed by atoms with van der Waals surface area (Å²) in [6.45, 7) is 4.17. The zero-order valence-corrected chi connectivity index (χ0v) is 40.4. The number of carbonyl (C=O) groups excluding carboxylic acids is 1. The van der Waals surface area contributed by atoms with Crippen LogP contribution in [0.5, 0.6) is 0 Å². The van der Waals surface area contributed by atoms with Gasteiger partial charge in [0.05, 0.1) is 18.8 Å². The van der Waals surface area contributed by atoms with Crippen LogP contribution in [0.1, 0.15) is 251 Å². The van der Waals surface area contributed by atoms with Crippen molar-refractivity contribution in [2.45, 2.75) is 264 Å². The summed E-state index contributed by atoms with van der Waals surface area (Å²) < 4.78 is 0. The molecule has 0 aliphatic heterocycles. The van der Waals surface area contributed by atoms with Crippen molar-refractivity contribution in [3.63, 3.8) is 0 Å². The van der Waals surface area contributed by atoms with Crippen LogP contribution < -0.4 is 5.32 Å². The van der Waals surface area contributed by atoms with E-state index in [9.17, 15) is 15.0 Å². The molecule has 352 valence electrons. The number of allylic oxidation sites excluding steroid dienone is 13. The number of amides is 1. The maximum Gasteiger partial charge on any atom is 0.220 e. The van der Waals surface area contributed by atoms with Crippen molar-refractivity contribution >= 4 is 5.91 Å². The standard InChI is InChI=1S/C57H101NO3/c1-3-5-7-9-11-13-15-17-19-21-22-23-24-25-26-27-28-29-30-31-32-33-34-35-37-38-40-42-44-46-48-50-52-56(60)55(54-59)58-57(61)53-51-49-47-45-43-41-39-36-20-18-16-14-12-10-8-6-4-2/h6,8,12,14,18,20,39,41-42,44-45,47,50,52,55-56,59-60H,3-5,7,9-11,13,15-17,19,21-38,40,43,46,48-49,51,53-54H2,1-2H3,(H,58,61)/b8-6-,14-12-,20-18-,41-39-,44-42+,47-45-,52-50+. The average Bonchev–Trinajstić information content (AvgIpc) is 3.26. The quantitative estimate of drug-likeness (QED) is 0.0422. The molecule has 0 bridgehead atoms. The lowest BCUT2D eigenvalue weighted by Crippen LogP contribution is -2.45. The summed E-state index contributed by atoms with van der Waals surface area (Å²) in [6.07, 6.45) is 76.1. The Morgan fingerprint density at radius 3 is 1.15 bits per heavy atom. The van der Waals surface area contributed by atoms with Gasteiger partial charge in [0.25, 0.3) is 0 Å². The smallest absolute Gasteiger partial charge is 0.220 e. The molecule has 4 nitrogen and oxygen atoms in total. The Morgan fingerprint density at radius 2 is 0.738 bits per heavy atom. The number of rotatable bonds is 47. The van der Waals surface area contributed by atoms with Crippen molar-refractivity contribution in [3.8, 4) is 0 Å². The molecule has 0 radical (unpaired) electrons. The van der Waals surface area contributed by atoms with E-state index in [1.165, 1.54) is 167 Å². The van der Waals surface area contributed by atoms with Gasteiger partial charge >= 0.3 is 0 Å². The van der Waals surface area contributed by atoms with E-state index in [1.807, 2.05) is 6.08 Å². The van der Waals surface area contributed by atoms with Crippen LogP contribution in [0.25, 0.3) is 0 Å². The predicted molar refractivity (Wildman–Crippen MR) is 271 cm³/mol. The van der Waals surface area contributed by atoms with E-state index >= 15 is 0 Å². The third-order valence-electron chi connectivity index (χ3n) is 11.6. The molecule has 0 saturated heterocycles. The minimum Gasteiger partial charge on any atom is -0.394 e. The van der Waals surface area contributed by atoms with Crippen LogP contribution >= 0.6 is 0 Å². The average molecular weight is 848 g/mol. The van der Waals surface area contributed by atoms with Gasteiger partial charge < -0.3 is 15.5 Å². The van der Waals surface area contributed by atoms with Crippen molar-refractivity contribution in [1.82, 2.24) is 5.32 Å². The van der Waals surface area contributed by atoms with Gasteiger partial charge in [-0.15, -0.1) is 0 Å². The normalized spacial score (nSPS) is 13.6. The van der Waals surface area contributed by atoms with Gasteiger partial charge in [0.15, 0.2) is 0 Å². The highest BCUT2D eigenvalue weighted by molar-refractivity contribution is 5.76. The third kappa shape index (κ3) is 48.5. The molecule has 0 aromatic rings. The number of aliphatic hydroxyl groups is 2. The highest BCUT2D eigenvalue weighted by Gasteiger charge is 2.17. The maximum atomic E-state index is 12.4. The molecule has 0 aliphatic rings. The number of unbranched alkanes of at least 4 members (excludes halogenated alkanes) is 28. The molecule has 0 rings (SSSR count). The number of hydrogen-bond acceptors (Lipinski definition) is 3. The fourth-order valence-corrected chi connectivity index (χ4v) is 7.64. The van der Waals surface area contributed by atoms with Crippen molar-refractivity contribution < 1.29 is 15.0 Å². The van der Waals surface area contributed by atoms with Crippen LogP contribution in [0.2, 0.25) is 0 Å². The molecular formula is C57H101NO3. The Labute approximate surface area is 380 Å². The molecule has 0 heterocycles. The van der Waals surface area contributed by atoms with E-state index in [2.05, 4.69) is 92.1 Å². The molecule has 0 spiro atoms. The van der Waals surface area contributed by atoms with Gasteiger partial charge in [-0.3, -0.25) is 4.79 Å². The molecule has 0 saturated carbocycles. The van der Waals surface area contributed by atoms with Gasteiger partial charge in [0, 0.05) is 6.42 Å². The molecule has 0 fully saturated rings. The minimum absolute atomic E-state index is 0.132. The lowest BCUT2D eigenvalue weighted by atomic mass is 10.0. The zero-order chi connectivity index (χ0) is 44.2. The van der Waals surface area contributed by atoms with Gasteiger partial charge in [-0.25, -0.2) is 0 Å². The lowest BCUT2D eigenvalue weighted by Gasteiger charge is -2.19. The Balaban J connectivity index is 3.58. The number of aliphatic hydroxyl groups excluding tert-OH is 2. The van der Waals surface area contributed by atoms with E-state index in [0.29, 0.717) is 6.42 Å². The van der Waals surface area contributed by atoms with Crippen molar-refractivity contribution in [2.24, 2.45) is 0 Å². The van der Waals surface area contributed by atoms with E-state index < -0.39 is 12.1 Å².